The van der Waals surface area contributed by atoms with Crippen LogP contribution in [-0.4, -0.2) is 33.8 Å². The van der Waals surface area contributed by atoms with Gasteiger partial charge in [0, 0.05) is 12.3 Å². The van der Waals surface area contributed by atoms with E-state index in [-0.39, 0.29) is 46.8 Å². The van der Waals surface area contributed by atoms with Crippen LogP contribution in [0, 0.1) is 5.92 Å². The van der Waals surface area contributed by atoms with E-state index >= 15 is 0 Å². The molecule has 0 saturated heterocycles. The summed E-state index contributed by atoms with van der Waals surface area (Å²) in [5.74, 6) is -2.16. The van der Waals surface area contributed by atoms with Gasteiger partial charge in [-0.3, -0.25) is 40.9 Å². The molecule has 46 heavy (non-hydrogen) atoms. The molecule has 2 aromatic carbocycles. The summed E-state index contributed by atoms with van der Waals surface area (Å²) in [5.41, 5.74) is 11.8. The lowest BCUT2D eigenvalue weighted by atomic mass is 10.0. The van der Waals surface area contributed by atoms with Crippen LogP contribution in [0.4, 0.5) is 0 Å². The van der Waals surface area contributed by atoms with E-state index < -0.39 is 11.8 Å². The highest BCUT2D eigenvalue weighted by Gasteiger charge is 2.16. The third kappa shape index (κ3) is 14.3. The number of hydrazine groups is 2. The van der Waals surface area contributed by atoms with Crippen LogP contribution in [0.25, 0.3) is 0 Å². The van der Waals surface area contributed by atoms with Gasteiger partial charge in [-0.25, -0.2) is 0 Å². The first-order chi connectivity index (χ1) is 22.2. The van der Waals surface area contributed by atoms with Crippen LogP contribution in [0.1, 0.15) is 143 Å². The molecule has 0 bridgehead atoms. The fourth-order valence-electron chi connectivity index (χ4n) is 5.15. The molecule has 254 valence electrons. The summed E-state index contributed by atoms with van der Waals surface area (Å²) in [6, 6.07) is 10.0. The van der Waals surface area contributed by atoms with Gasteiger partial charge in [-0.15, -0.1) is 0 Å². The number of nitrogens with one attached hydrogen (secondary N) is 4. The van der Waals surface area contributed by atoms with Crippen molar-refractivity contribution in [2.75, 3.05) is 0 Å². The highest BCUT2D eigenvalue weighted by Crippen LogP contribution is 2.21. The number of aryl methyl sites for hydroxylation is 2. The predicted molar refractivity (Wildman–Crippen MR) is 180 cm³/mol. The second kappa shape index (κ2) is 21.6. The lowest BCUT2D eigenvalue weighted by Crippen LogP contribution is -2.44. The highest BCUT2D eigenvalue weighted by molar-refractivity contribution is 5.98. The Morgan fingerprint density at radius 1 is 0.609 bits per heavy atom. The van der Waals surface area contributed by atoms with Crippen molar-refractivity contribution in [3.8, 4) is 11.5 Å². The Morgan fingerprint density at radius 3 is 1.59 bits per heavy atom. The molecule has 2 rings (SSSR count). The van der Waals surface area contributed by atoms with Crippen molar-refractivity contribution in [2.24, 2.45) is 5.92 Å². The maximum atomic E-state index is 12.4. The van der Waals surface area contributed by atoms with Gasteiger partial charge < -0.3 is 10.2 Å². The molecule has 0 aromatic heterocycles. The molecular weight excluding hydrogens is 584 g/mol. The number of phenolic OH excluding ortho intramolecular Hbond substituents is 2. The number of hydrogen-bond acceptors (Lipinski definition) is 6. The molecule has 6 N–H and O–H groups in total. The highest BCUT2D eigenvalue weighted by atomic mass is 16.3. The monoisotopic (exact) mass is 638 g/mol. The zero-order valence-electron chi connectivity index (χ0n) is 27.9. The molecule has 1 unspecified atom stereocenters. The predicted octanol–water partition coefficient (Wildman–Crippen LogP) is 6.54. The molecule has 10 nitrogen and oxygen atoms in total. The standard InChI is InChI=1S/C36H54N4O6/c1-4-6-12-17-27-20-22-29(31(41)24-27)35(45)39-37-33(43)19-15-11-9-8-10-14-16-26(3)34(44)38-40-36(46)30-23-21-28(25-32(30)42)18-13-7-5-2/h20-26,41-42H,4-19H2,1-3H3,(H,37,43)(H,38,44)(H,39,45)(H,40,46). The minimum absolute atomic E-state index is 0.0990. The summed E-state index contributed by atoms with van der Waals surface area (Å²) in [6.45, 7) is 6.07. The van der Waals surface area contributed by atoms with Crippen LogP contribution in [0.5, 0.6) is 11.5 Å². The average Bonchev–Trinajstić information content (AvgIpc) is 3.03. The van der Waals surface area contributed by atoms with Crippen molar-refractivity contribution in [2.45, 2.75) is 124 Å². The Bertz CT molecular complexity index is 1270. The van der Waals surface area contributed by atoms with E-state index in [1.807, 2.05) is 19.1 Å². The molecule has 0 heterocycles. The van der Waals surface area contributed by atoms with Crippen LogP contribution >= 0.6 is 0 Å². The van der Waals surface area contributed by atoms with Crippen molar-refractivity contribution in [3.05, 3.63) is 58.7 Å². The number of benzene rings is 2. The molecule has 0 aliphatic rings. The lowest BCUT2D eigenvalue weighted by Gasteiger charge is -2.13. The van der Waals surface area contributed by atoms with Gasteiger partial charge in [0.2, 0.25) is 11.8 Å². The fourth-order valence-corrected chi connectivity index (χ4v) is 5.15. The van der Waals surface area contributed by atoms with Gasteiger partial charge >= 0.3 is 0 Å². The number of phenols is 2. The largest absolute Gasteiger partial charge is 0.507 e. The van der Waals surface area contributed by atoms with E-state index in [0.29, 0.717) is 12.8 Å². The van der Waals surface area contributed by atoms with Crippen molar-refractivity contribution >= 4 is 23.6 Å². The van der Waals surface area contributed by atoms with Crippen molar-refractivity contribution < 1.29 is 29.4 Å². The van der Waals surface area contributed by atoms with E-state index in [9.17, 15) is 29.4 Å². The Kier molecular flexibility index (Phi) is 17.9. The SMILES string of the molecule is CCCCCc1ccc(C(=O)NNC(=O)CCCCCCCCC(C)C(=O)NNC(=O)c2ccc(CCCCC)cc2O)c(O)c1. The van der Waals surface area contributed by atoms with Gasteiger partial charge in [0.15, 0.2) is 0 Å². The Labute approximate surface area is 274 Å². The van der Waals surface area contributed by atoms with Crippen LogP contribution in [0.2, 0.25) is 0 Å². The number of amides is 4. The summed E-state index contributed by atoms with van der Waals surface area (Å²) in [6.07, 6.45) is 14.5. The summed E-state index contributed by atoms with van der Waals surface area (Å²) in [5, 5.41) is 20.5. The van der Waals surface area contributed by atoms with E-state index in [0.717, 1.165) is 94.6 Å². The molecule has 4 amide bonds. The summed E-state index contributed by atoms with van der Waals surface area (Å²) >= 11 is 0. The number of carbonyl (C=O) groups is 4. The first-order valence-electron chi connectivity index (χ1n) is 17.0. The van der Waals surface area contributed by atoms with Crippen molar-refractivity contribution in [1.29, 1.82) is 0 Å². The number of unbranched alkanes of at least 4 members (excludes halogenated alkanes) is 9. The fraction of sp³-hybridized carbons (Fsp3) is 0.556. The van der Waals surface area contributed by atoms with Crippen LogP contribution in [-0.2, 0) is 22.4 Å². The molecule has 2 aromatic rings. The molecule has 0 aliphatic heterocycles. The van der Waals surface area contributed by atoms with Gasteiger partial charge in [0.25, 0.3) is 11.8 Å². The minimum Gasteiger partial charge on any atom is -0.507 e. The molecule has 0 saturated carbocycles. The molecule has 0 radical (unpaired) electrons. The van der Waals surface area contributed by atoms with Crippen LogP contribution in [0.3, 0.4) is 0 Å². The minimum atomic E-state index is -0.559. The van der Waals surface area contributed by atoms with Gasteiger partial charge in [-0.05, 0) is 73.9 Å². The van der Waals surface area contributed by atoms with Crippen molar-refractivity contribution in [3.63, 3.8) is 0 Å². The molecule has 1 atom stereocenters. The Morgan fingerprint density at radius 2 is 1.09 bits per heavy atom. The third-order valence-corrected chi connectivity index (χ3v) is 8.10. The van der Waals surface area contributed by atoms with E-state index in [1.165, 1.54) is 0 Å². The van der Waals surface area contributed by atoms with Crippen LogP contribution in [0.15, 0.2) is 36.4 Å². The van der Waals surface area contributed by atoms with Gasteiger partial charge in [-0.2, -0.15) is 0 Å². The average molecular weight is 639 g/mol. The summed E-state index contributed by atoms with van der Waals surface area (Å²) in [7, 11) is 0. The van der Waals surface area contributed by atoms with E-state index in [4.69, 9.17) is 0 Å². The second-order valence-corrected chi connectivity index (χ2v) is 12.1. The molecular formula is C36H54N4O6. The quantitative estimate of drug-likeness (QED) is 0.0714. The number of rotatable bonds is 20. The number of carbonyl (C=O) groups excluding carboxylic acids is 4. The first kappa shape index (κ1) is 38.1. The topological polar surface area (TPSA) is 157 Å². The van der Waals surface area contributed by atoms with Gasteiger partial charge in [0.1, 0.15) is 11.5 Å². The third-order valence-electron chi connectivity index (χ3n) is 8.10. The lowest BCUT2D eigenvalue weighted by molar-refractivity contribution is -0.125. The Hall–Kier alpha value is -4.08. The molecule has 10 heteroatoms. The summed E-state index contributed by atoms with van der Waals surface area (Å²) in [4.78, 5) is 49.3. The maximum absolute atomic E-state index is 12.4. The zero-order valence-corrected chi connectivity index (χ0v) is 27.9. The normalized spacial score (nSPS) is 11.5. The summed E-state index contributed by atoms with van der Waals surface area (Å²) < 4.78 is 0. The van der Waals surface area contributed by atoms with E-state index in [1.54, 1.807) is 24.3 Å². The second-order valence-electron chi connectivity index (χ2n) is 12.1. The van der Waals surface area contributed by atoms with E-state index in [2.05, 4.69) is 35.6 Å². The molecule has 0 aliphatic carbocycles. The Balaban J connectivity index is 1.53. The number of aromatic hydroxyl groups is 2. The van der Waals surface area contributed by atoms with Crippen LogP contribution < -0.4 is 21.7 Å². The van der Waals surface area contributed by atoms with Gasteiger partial charge in [0.05, 0.1) is 11.1 Å². The molecule has 0 spiro atoms. The van der Waals surface area contributed by atoms with Crippen molar-refractivity contribution in [1.82, 2.24) is 21.7 Å². The molecule has 0 fully saturated rings. The smallest absolute Gasteiger partial charge is 0.273 e. The zero-order chi connectivity index (χ0) is 33.7. The number of hydrogen-bond donors (Lipinski definition) is 6. The maximum Gasteiger partial charge on any atom is 0.273 e. The van der Waals surface area contributed by atoms with Gasteiger partial charge in [-0.1, -0.05) is 90.7 Å². The first-order valence-corrected chi connectivity index (χ1v) is 17.0.